The highest BCUT2D eigenvalue weighted by Crippen LogP contribution is 1.93. The lowest BCUT2D eigenvalue weighted by molar-refractivity contribution is 1.43. The van der Waals surface area contributed by atoms with Crippen LogP contribution in [0.2, 0.25) is 0 Å². The van der Waals surface area contributed by atoms with E-state index in [0.717, 1.165) is 6.20 Å². The van der Waals surface area contributed by atoms with Gasteiger partial charge in [-0.15, -0.1) is 0 Å². The van der Waals surface area contributed by atoms with Crippen LogP contribution in [0.3, 0.4) is 0 Å². The summed E-state index contributed by atoms with van der Waals surface area (Å²) in [5.41, 5.74) is -0.0576. The van der Waals surface area contributed by atoms with E-state index in [1.165, 1.54) is 0 Å². The minimum atomic E-state index is -1.74. The first-order chi connectivity index (χ1) is 4.99. The zero-order chi connectivity index (χ0) is 8.91. The maximum Gasteiger partial charge on any atom is 0.148 e. The molecule has 11 heavy (non-hydrogen) atoms. The molecule has 1 N–H and O–H groups in total. The molecule has 0 aromatic carbocycles. The number of nitrogens with one attached hydrogen (secondary N) is 1. The van der Waals surface area contributed by atoms with Crippen LogP contribution in [0.1, 0.15) is 0 Å². The van der Waals surface area contributed by atoms with Crippen LogP contribution in [-0.4, -0.2) is 12.5 Å². The fourth-order valence-corrected chi connectivity index (χ4v) is 0.636. The lowest BCUT2D eigenvalue weighted by Gasteiger charge is -1.91. The molecule has 0 unspecified atom stereocenters. The van der Waals surface area contributed by atoms with Crippen LogP contribution in [0.4, 0.5) is 0 Å². The van der Waals surface area contributed by atoms with Crippen LogP contribution in [-0.2, 0) is 9.62 Å². The summed E-state index contributed by atoms with van der Waals surface area (Å²) in [7, 11) is -1.74. The molecule has 0 radical (unpaired) electrons. The van der Waals surface area contributed by atoms with E-state index >= 15 is 0 Å². The van der Waals surface area contributed by atoms with Gasteiger partial charge in [-0.05, 0) is 0 Å². The minimum Gasteiger partial charge on any atom is -0.270 e. The first-order valence-electron chi connectivity index (χ1n) is 2.70. The number of hydrogen-bond donors (Lipinski definition) is 1. The molecule has 0 saturated carbocycles. The van der Waals surface area contributed by atoms with Gasteiger partial charge in [0, 0.05) is 12.5 Å². The molecule has 0 bridgehead atoms. The summed E-state index contributed by atoms with van der Waals surface area (Å²) in [5, 5.41) is 16.5. The van der Waals surface area contributed by atoms with E-state index in [0.29, 0.717) is 0 Å². The van der Waals surface area contributed by atoms with Crippen LogP contribution < -0.4 is 0 Å². The van der Waals surface area contributed by atoms with Crippen LogP contribution in [0.5, 0.6) is 0 Å². The van der Waals surface area contributed by atoms with Crippen molar-refractivity contribution in [1.29, 1.82) is 15.3 Å². The highest BCUT2D eigenvalue weighted by atomic mass is 32.2. The summed E-state index contributed by atoms with van der Waals surface area (Å²) >= 11 is 0. The van der Waals surface area contributed by atoms with Gasteiger partial charge >= 0.3 is 0 Å². The van der Waals surface area contributed by atoms with E-state index in [9.17, 15) is 0 Å². The maximum atomic E-state index is 8.27. The summed E-state index contributed by atoms with van der Waals surface area (Å²) in [5.74, 6) is 0. The van der Waals surface area contributed by atoms with E-state index in [4.69, 9.17) is 15.3 Å². The zero-order valence-corrected chi connectivity index (χ0v) is 7.14. The Morgan fingerprint density at radius 2 is 1.91 bits per heavy atom. The molecule has 0 spiro atoms. The molecule has 4 nitrogen and oxygen atoms in total. The van der Waals surface area contributed by atoms with Crippen molar-refractivity contribution in [3.63, 3.8) is 0 Å². The fraction of sp³-hybridized carbons (Fsp3) is 0.333. The third kappa shape index (κ3) is 5.13. The zero-order valence-electron chi connectivity index (χ0n) is 6.33. The van der Waals surface area contributed by atoms with Gasteiger partial charge in [0.05, 0.1) is 6.20 Å². The van der Waals surface area contributed by atoms with Gasteiger partial charge in [0.1, 0.15) is 17.7 Å². The topological polar surface area (TPSA) is 83.8 Å². The maximum absolute atomic E-state index is 8.27. The van der Waals surface area contributed by atoms with Crippen LogP contribution in [0, 0.1) is 27.4 Å². The van der Waals surface area contributed by atoms with E-state index in [1.807, 2.05) is 0 Å². The highest BCUT2D eigenvalue weighted by Gasteiger charge is 1.88. The van der Waals surface area contributed by atoms with Crippen molar-refractivity contribution >= 4 is 9.62 Å². The monoisotopic (exact) mass is 168 g/mol. The average Bonchev–Trinajstić information content (AvgIpc) is 1.88. The summed E-state index contributed by atoms with van der Waals surface area (Å²) in [4.78, 5) is 0. The Hall–Kier alpha value is -1.33. The van der Waals surface area contributed by atoms with Gasteiger partial charge in [-0.2, -0.15) is 10.5 Å². The SMILES string of the molecule is CS(C)(=N)=NC=C(C#N)C#N. The van der Waals surface area contributed by atoms with Gasteiger partial charge < -0.3 is 0 Å². The predicted molar refractivity (Wildman–Crippen MR) is 43.7 cm³/mol. The number of nitriles is 2. The average molecular weight is 168 g/mol. The van der Waals surface area contributed by atoms with Crippen molar-refractivity contribution in [2.45, 2.75) is 0 Å². The van der Waals surface area contributed by atoms with Crippen molar-refractivity contribution in [2.75, 3.05) is 12.5 Å². The molecule has 0 atom stereocenters. The molecule has 58 valence electrons. The first-order valence-corrected chi connectivity index (χ1v) is 5.10. The molecule has 0 rings (SSSR count). The van der Waals surface area contributed by atoms with E-state index < -0.39 is 9.62 Å². The van der Waals surface area contributed by atoms with Crippen molar-refractivity contribution in [2.24, 2.45) is 4.36 Å². The lowest BCUT2D eigenvalue weighted by atomic mass is 10.4. The highest BCUT2D eigenvalue weighted by molar-refractivity contribution is 7.93. The van der Waals surface area contributed by atoms with Gasteiger partial charge in [0.25, 0.3) is 0 Å². The molecule has 0 heterocycles. The summed E-state index contributed by atoms with van der Waals surface area (Å²) in [6, 6.07) is 3.32. The second-order valence-electron chi connectivity index (χ2n) is 2.14. The van der Waals surface area contributed by atoms with Gasteiger partial charge in [-0.25, -0.2) is 4.36 Å². The summed E-state index contributed by atoms with van der Waals surface area (Å²) < 4.78 is 11.1. The van der Waals surface area contributed by atoms with E-state index in [1.54, 1.807) is 24.6 Å². The minimum absolute atomic E-state index is 0.0576. The summed E-state index contributed by atoms with van der Waals surface area (Å²) in [6.07, 6.45) is 4.45. The largest absolute Gasteiger partial charge is 0.270 e. The van der Waals surface area contributed by atoms with E-state index in [-0.39, 0.29) is 5.57 Å². The van der Waals surface area contributed by atoms with Crippen molar-refractivity contribution in [3.05, 3.63) is 11.8 Å². The Morgan fingerprint density at radius 1 is 1.45 bits per heavy atom. The number of allylic oxidation sites excluding steroid dienone is 1. The Bertz CT molecular complexity index is 333. The quantitative estimate of drug-likeness (QED) is 0.598. The Morgan fingerprint density at radius 3 is 2.18 bits per heavy atom. The molecule has 0 fully saturated rings. The Kier molecular flexibility index (Phi) is 3.29. The Balaban J connectivity index is 4.81. The second kappa shape index (κ2) is 3.75. The van der Waals surface area contributed by atoms with Crippen molar-refractivity contribution in [1.82, 2.24) is 0 Å². The second-order valence-corrected chi connectivity index (χ2v) is 4.90. The van der Waals surface area contributed by atoms with Crippen LogP contribution >= 0.6 is 0 Å². The summed E-state index contributed by atoms with van der Waals surface area (Å²) in [6.45, 7) is 0. The number of nitrogens with zero attached hydrogens (tertiary/aromatic N) is 3. The fourth-order valence-electron chi connectivity index (χ4n) is 0.267. The van der Waals surface area contributed by atoms with E-state index in [2.05, 4.69) is 4.36 Å². The smallest absolute Gasteiger partial charge is 0.148 e. The molecule has 5 heteroatoms. The molecule has 0 aliphatic heterocycles. The third-order valence-corrected chi connectivity index (χ3v) is 1.32. The molecule has 0 aromatic heterocycles. The molecule has 0 saturated heterocycles. The number of rotatable bonds is 1. The third-order valence-electron chi connectivity index (χ3n) is 0.686. The lowest BCUT2D eigenvalue weighted by Crippen LogP contribution is -1.85. The van der Waals surface area contributed by atoms with Crippen LogP contribution in [0.15, 0.2) is 16.1 Å². The standard InChI is InChI=1S/C6H8N4S/c1-11(2,9)10-5-6(3-7)4-8/h5,9H,1-2H3. The van der Waals surface area contributed by atoms with Gasteiger partial charge in [0.2, 0.25) is 0 Å². The first kappa shape index (κ1) is 9.67. The van der Waals surface area contributed by atoms with Gasteiger partial charge in [-0.3, -0.25) is 4.78 Å². The molecule has 0 aromatic rings. The van der Waals surface area contributed by atoms with Crippen molar-refractivity contribution in [3.8, 4) is 12.1 Å². The molecule has 0 amide bonds. The predicted octanol–water partition coefficient (Wildman–Crippen LogP) is 1.28. The molecule has 0 aliphatic carbocycles. The van der Waals surface area contributed by atoms with Crippen molar-refractivity contribution < 1.29 is 0 Å². The van der Waals surface area contributed by atoms with Gasteiger partial charge in [-0.1, -0.05) is 9.62 Å². The Labute approximate surface area is 66.4 Å². The molecule has 0 aliphatic rings. The number of hydrogen-bond acceptors (Lipinski definition) is 4. The van der Waals surface area contributed by atoms with Gasteiger partial charge in [0.15, 0.2) is 0 Å². The normalized spacial score (nSPS) is 9.09. The van der Waals surface area contributed by atoms with Crippen LogP contribution in [0.25, 0.3) is 0 Å². The molecular formula is C6H8N4S. The molecular weight excluding hydrogens is 160 g/mol.